The fraction of sp³-hybridized carbons (Fsp3) is 0.273. The van der Waals surface area contributed by atoms with Gasteiger partial charge in [0, 0.05) is 12.2 Å². The second-order valence-electron chi connectivity index (χ2n) is 3.58. The second kappa shape index (κ2) is 4.76. The molecule has 5 heteroatoms. The summed E-state index contributed by atoms with van der Waals surface area (Å²) in [6.07, 6.45) is 0. The van der Waals surface area contributed by atoms with Crippen LogP contribution in [0.15, 0.2) is 28.8 Å². The van der Waals surface area contributed by atoms with Crippen molar-refractivity contribution in [2.75, 3.05) is 5.73 Å². The molecule has 1 aromatic carbocycles. The maximum atomic E-state index is 5.68. The monoisotopic (exact) mass is 218 g/mol. The van der Waals surface area contributed by atoms with Gasteiger partial charge in [-0.25, -0.2) is 0 Å². The van der Waals surface area contributed by atoms with Crippen LogP contribution in [-0.2, 0) is 13.1 Å². The van der Waals surface area contributed by atoms with Crippen molar-refractivity contribution in [1.82, 2.24) is 15.5 Å². The molecular weight excluding hydrogens is 204 g/mol. The van der Waals surface area contributed by atoms with E-state index in [0.29, 0.717) is 18.3 Å². The molecule has 0 unspecified atom stereocenters. The Morgan fingerprint density at radius 2 is 2.25 bits per heavy atom. The lowest BCUT2D eigenvalue weighted by molar-refractivity contribution is 0.364. The Balaban J connectivity index is 1.84. The molecule has 5 nitrogen and oxygen atoms in total. The van der Waals surface area contributed by atoms with E-state index >= 15 is 0 Å². The molecule has 0 aliphatic heterocycles. The molecule has 0 amide bonds. The number of nitrogens with zero attached hydrogens (tertiary/aromatic N) is 2. The van der Waals surface area contributed by atoms with Crippen LogP contribution in [-0.4, -0.2) is 10.1 Å². The quantitative estimate of drug-likeness (QED) is 0.755. The summed E-state index contributed by atoms with van der Waals surface area (Å²) in [5.41, 5.74) is 7.58. The summed E-state index contributed by atoms with van der Waals surface area (Å²) in [5, 5.41) is 6.92. The lowest BCUT2D eigenvalue weighted by Crippen LogP contribution is -2.13. The predicted octanol–water partition coefficient (Wildman–Crippen LogP) is 1.25. The molecule has 0 aliphatic carbocycles. The average Bonchev–Trinajstić information content (AvgIpc) is 2.64. The summed E-state index contributed by atoms with van der Waals surface area (Å²) in [5.74, 6) is 1.25. The van der Waals surface area contributed by atoms with Gasteiger partial charge in [-0.2, -0.15) is 4.98 Å². The second-order valence-corrected chi connectivity index (χ2v) is 3.58. The molecule has 1 aromatic heterocycles. The van der Waals surface area contributed by atoms with Gasteiger partial charge in [-0.05, 0) is 24.6 Å². The van der Waals surface area contributed by atoms with Crippen molar-refractivity contribution < 1.29 is 4.52 Å². The lowest BCUT2D eigenvalue weighted by Gasteiger charge is -2.02. The summed E-state index contributed by atoms with van der Waals surface area (Å²) in [7, 11) is 0. The predicted molar refractivity (Wildman–Crippen MR) is 60.4 cm³/mol. The fourth-order valence-corrected chi connectivity index (χ4v) is 1.43. The van der Waals surface area contributed by atoms with E-state index in [-0.39, 0.29) is 0 Å². The van der Waals surface area contributed by atoms with E-state index in [0.717, 1.165) is 17.8 Å². The fourth-order valence-electron chi connectivity index (χ4n) is 1.43. The third-order valence-corrected chi connectivity index (χ3v) is 2.13. The molecule has 0 fully saturated rings. The number of anilines is 1. The highest BCUT2D eigenvalue weighted by Crippen LogP contribution is 2.06. The standard InChI is InChI=1S/C11H14N4O/c1-8-14-11(16-15-8)7-13-6-9-3-2-4-10(12)5-9/h2-5,13H,6-7,12H2,1H3. The molecule has 2 rings (SSSR count). The topological polar surface area (TPSA) is 77.0 Å². The van der Waals surface area contributed by atoms with Gasteiger partial charge in [0.15, 0.2) is 5.82 Å². The first-order valence-electron chi connectivity index (χ1n) is 5.08. The molecule has 16 heavy (non-hydrogen) atoms. The Labute approximate surface area is 93.7 Å². The van der Waals surface area contributed by atoms with Gasteiger partial charge < -0.3 is 15.6 Å². The molecule has 0 aliphatic rings. The largest absolute Gasteiger partial charge is 0.399 e. The summed E-state index contributed by atoms with van der Waals surface area (Å²) in [4.78, 5) is 4.09. The van der Waals surface area contributed by atoms with E-state index < -0.39 is 0 Å². The van der Waals surface area contributed by atoms with E-state index in [9.17, 15) is 0 Å². The highest BCUT2D eigenvalue weighted by Gasteiger charge is 2.01. The van der Waals surface area contributed by atoms with Crippen molar-refractivity contribution in [3.63, 3.8) is 0 Å². The first kappa shape index (κ1) is 10.6. The Bertz CT molecular complexity index is 467. The minimum absolute atomic E-state index is 0.565. The number of benzene rings is 1. The van der Waals surface area contributed by atoms with Crippen LogP contribution < -0.4 is 11.1 Å². The van der Waals surface area contributed by atoms with Crippen molar-refractivity contribution in [3.05, 3.63) is 41.5 Å². The number of aryl methyl sites for hydroxylation is 1. The molecule has 0 radical (unpaired) electrons. The SMILES string of the molecule is Cc1noc(CNCc2cccc(N)c2)n1. The molecular formula is C11H14N4O. The molecule has 0 bridgehead atoms. The van der Waals surface area contributed by atoms with E-state index in [4.69, 9.17) is 10.3 Å². The molecule has 0 spiro atoms. The van der Waals surface area contributed by atoms with E-state index in [1.54, 1.807) is 6.92 Å². The smallest absolute Gasteiger partial charge is 0.240 e. The number of nitrogens with two attached hydrogens (primary N) is 1. The van der Waals surface area contributed by atoms with Crippen molar-refractivity contribution >= 4 is 5.69 Å². The zero-order valence-electron chi connectivity index (χ0n) is 9.10. The zero-order valence-corrected chi connectivity index (χ0v) is 9.10. The van der Waals surface area contributed by atoms with Crippen LogP contribution >= 0.6 is 0 Å². The van der Waals surface area contributed by atoms with Gasteiger partial charge in [-0.3, -0.25) is 0 Å². The number of nitrogen functional groups attached to an aromatic ring is 1. The van der Waals surface area contributed by atoms with Crippen molar-refractivity contribution in [2.24, 2.45) is 0 Å². The average molecular weight is 218 g/mol. The highest BCUT2D eigenvalue weighted by molar-refractivity contribution is 5.40. The summed E-state index contributed by atoms with van der Waals surface area (Å²) in [6, 6.07) is 7.75. The number of rotatable bonds is 4. The molecule has 2 aromatic rings. The molecule has 84 valence electrons. The van der Waals surface area contributed by atoms with Crippen LogP contribution in [0, 0.1) is 6.92 Å². The number of hydrogen-bond donors (Lipinski definition) is 2. The summed E-state index contributed by atoms with van der Waals surface area (Å²) < 4.78 is 4.98. The lowest BCUT2D eigenvalue weighted by atomic mass is 10.2. The zero-order chi connectivity index (χ0) is 11.4. The Morgan fingerprint density at radius 1 is 1.38 bits per heavy atom. The minimum atomic E-state index is 0.565. The normalized spacial score (nSPS) is 10.6. The van der Waals surface area contributed by atoms with E-state index in [1.165, 1.54) is 0 Å². The molecule has 0 saturated carbocycles. The third-order valence-electron chi connectivity index (χ3n) is 2.13. The Hall–Kier alpha value is -1.88. The van der Waals surface area contributed by atoms with Crippen LogP contribution in [0.25, 0.3) is 0 Å². The van der Waals surface area contributed by atoms with Gasteiger partial charge in [0.1, 0.15) is 0 Å². The first-order chi connectivity index (χ1) is 7.74. The van der Waals surface area contributed by atoms with Gasteiger partial charge in [0.05, 0.1) is 6.54 Å². The summed E-state index contributed by atoms with van der Waals surface area (Å²) >= 11 is 0. The summed E-state index contributed by atoms with van der Waals surface area (Å²) in [6.45, 7) is 3.09. The molecule has 0 saturated heterocycles. The van der Waals surface area contributed by atoms with Crippen LogP contribution in [0.3, 0.4) is 0 Å². The van der Waals surface area contributed by atoms with Gasteiger partial charge in [-0.15, -0.1) is 0 Å². The van der Waals surface area contributed by atoms with Crippen molar-refractivity contribution in [1.29, 1.82) is 0 Å². The Kier molecular flexibility index (Phi) is 3.16. The molecule has 0 atom stereocenters. The third kappa shape index (κ3) is 2.80. The minimum Gasteiger partial charge on any atom is -0.399 e. The van der Waals surface area contributed by atoms with E-state index in [2.05, 4.69) is 15.5 Å². The van der Waals surface area contributed by atoms with Gasteiger partial charge in [0.2, 0.25) is 5.89 Å². The number of hydrogen-bond acceptors (Lipinski definition) is 5. The van der Waals surface area contributed by atoms with Gasteiger partial charge in [-0.1, -0.05) is 17.3 Å². The highest BCUT2D eigenvalue weighted by atomic mass is 16.5. The van der Waals surface area contributed by atoms with Crippen LogP contribution in [0.4, 0.5) is 5.69 Å². The van der Waals surface area contributed by atoms with Crippen LogP contribution in [0.2, 0.25) is 0 Å². The van der Waals surface area contributed by atoms with Crippen LogP contribution in [0.5, 0.6) is 0 Å². The maximum Gasteiger partial charge on any atom is 0.240 e. The number of nitrogens with one attached hydrogen (secondary N) is 1. The van der Waals surface area contributed by atoms with Gasteiger partial charge in [0.25, 0.3) is 0 Å². The molecule has 1 heterocycles. The van der Waals surface area contributed by atoms with E-state index in [1.807, 2.05) is 24.3 Å². The van der Waals surface area contributed by atoms with Crippen molar-refractivity contribution in [2.45, 2.75) is 20.0 Å². The first-order valence-corrected chi connectivity index (χ1v) is 5.08. The number of aromatic nitrogens is 2. The molecule has 3 N–H and O–H groups in total. The van der Waals surface area contributed by atoms with Gasteiger partial charge >= 0.3 is 0 Å². The Morgan fingerprint density at radius 3 is 2.94 bits per heavy atom. The van der Waals surface area contributed by atoms with Crippen molar-refractivity contribution in [3.8, 4) is 0 Å². The maximum absolute atomic E-state index is 5.68. The van der Waals surface area contributed by atoms with Crippen LogP contribution in [0.1, 0.15) is 17.3 Å².